The number of carbonyl (C=O) groups excluding carboxylic acids is 2. The number of halogens is 2. The standard InChI is InChI=1S/C17H15F2N3O4/c1-20-16(23)11-5-3-10(4-6-11)9-21(2)17(24)12-7-13(18)14(19)8-15(12)22(25)26/h3-8H,9H2,1-2H3,(H,20,23). The van der Waals surface area contributed by atoms with Gasteiger partial charge in [0.05, 0.1) is 11.0 Å². The Hall–Kier alpha value is -3.36. The lowest BCUT2D eigenvalue weighted by molar-refractivity contribution is -0.385. The second kappa shape index (κ2) is 7.68. The third-order valence-corrected chi connectivity index (χ3v) is 3.68. The van der Waals surface area contributed by atoms with Crippen molar-refractivity contribution in [1.29, 1.82) is 0 Å². The van der Waals surface area contributed by atoms with E-state index >= 15 is 0 Å². The zero-order valence-corrected chi connectivity index (χ0v) is 14.0. The molecule has 0 saturated carbocycles. The second-order valence-electron chi connectivity index (χ2n) is 5.48. The predicted octanol–water partition coefficient (Wildman–Crippen LogP) is 2.50. The molecule has 2 rings (SSSR count). The van der Waals surface area contributed by atoms with Crippen molar-refractivity contribution in [3.05, 3.63) is 74.8 Å². The van der Waals surface area contributed by atoms with E-state index in [1.165, 1.54) is 14.1 Å². The van der Waals surface area contributed by atoms with Crippen molar-refractivity contribution in [2.45, 2.75) is 6.54 Å². The topological polar surface area (TPSA) is 92.6 Å². The molecule has 0 aliphatic rings. The number of hydrogen-bond donors (Lipinski definition) is 1. The molecule has 2 amide bonds. The van der Waals surface area contributed by atoms with Crippen LogP contribution >= 0.6 is 0 Å². The van der Waals surface area contributed by atoms with Crippen molar-refractivity contribution in [2.24, 2.45) is 0 Å². The molecule has 0 aliphatic carbocycles. The zero-order valence-electron chi connectivity index (χ0n) is 14.0. The lowest BCUT2D eigenvalue weighted by atomic mass is 10.1. The summed E-state index contributed by atoms with van der Waals surface area (Å²) in [5, 5.41) is 13.5. The first-order chi connectivity index (χ1) is 12.2. The lowest BCUT2D eigenvalue weighted by Crippen LogP contribution is -2.27. The molecule has 0 atom stereocenters. The molecule has 0 aliphatic heterocycles. The molecule has 136 valence electrons. The number of benzene rings is 2. The van der Waals surface area contributed by atoms with E-state index in [1.54, 1.807) is 24.3 Å². The van der Waals surface area contributed by atoms with Crippen LogP contribution in [0.2, 0.25) is 0 Å². The molecule has 0 fully saturated rings. The Morgan fingerprint density at radius 3 is 2.27 bits per heavy atom. The Balaban J connectivity index is 2.24. The van der Waals surface area contributed by atoms with Gasteiger partial charge in [-0.15, -0.1) is 0 Å². The highest BCUT2D eigenvalue weighted by atomic mass is 19.2. The van der Waals surface area contributed by atoms with Gasteiger partial charge in [-0.25, -0.2) is 8.78 Å². The number of rotatable bonds is 5. The Kier molecular flexibility index (Phi) is 5.61. The first-order valence-electron chi connectivity index (χ1n) is 7.44. The predicted molar refractivity (Wildman–Crippen MR) is 88.6 cm³/mol. The molecule has 0 unspecified atom stereocenters. The van der Waals surface area contributed by atoms with Gasteiger partial charge in [0.25, 0.3) is 17.5 Å². The van der Waals surface area contributed by atoms with Gasteiger partial charge in [0.2, 0.25) is 0 Å². The molecule has 0 saturated heterocycles. The average molecular weight is 363 g/mol. The van der Waals surface area contributed by atoms with Crippen LogP contribution < -0.4 is 5.32 Å². The van der Waals surface area contributed by atoms with Gasteiger partial charge in [0, 0.05) is 26.2 Å². The third kappa shape index (κ3) is 4.00. The fourth-order valence-corrected chi connectivity index (χ4v) is 2.32. The smallest absolute Gasteiger partial charge is 0.285 e. The third-order valence-electron chi connectivity index (χ3n) is 3.68. The van der Waals surface area contributed by atoms with Gasteiger partial charge in [-0.3, -0.25) is 19.7 Å². The van der Waals surface area contributed by atoms with E-state index < -0.39 is 33.7 Å². The van der Waals surface area contributed by atoms with Crippen LogP contribution in [-0.4, -0.2) is 35.7 Å². The SMILES string of the molecule is CNC(=O)c1ccc(CN(C)C(=O)c2cc(F)c(F)cc2[N+](=O)[O-])cc1. The van der Waals surface area contributed by atoms with E-state index in [2.05, 4.69) is 5.32 Å². The summed E-state index contributed by atoms with van der Waals surface area (Å²) in [6.45, 7) is 0.0585. The number of amides is 2. The molecule has 26 heavy (non-hydrogen) atoms. The summed E-state index contributed by atoms with van der Waals surface area (Å²) < 4.78 is 26.6. The summed E-state index contributed by atoms with van der Waals surface area (Å²) >= 11 is 0. The number of nitro benzene ring substituents is 1. The van der Waals surface area contributed by atoms with E-state index in [-0.39, 0.29) is 12.5 Å². The van der Waals surface area contributed by atoms with E-state index in [9.17, 15) is 28.5 Å². The summed E-state index contributed by atoms with van der Waals surface area (Å²) in [4.78, 5) is 35.1. The molecule has 7 nitrogen and oxygen atoms in total. The van der Waals surface area contributed by atoms with Crippen LogP contribution in [-0.2, 0) is 6.54 Å². The number of nitrogens with one attached hydrogen (secondary N) is 1. The van der Waals surface area contributed by atoms with Gasteiger partial charge < -0.3 is 10.2 Å². The number of nitro groups is 1. The molecule has 2 aromatic rings. The van der Waals surface area contributed by atoms with E-state index in [0.29, 0.717) is 23.3 Å². The minimum Gasteiger partial charge on any atom is -0.355 e. The van der Waals surface area contributed by atoms with Crippen LogP contribution in [0, 0.1) is 21.7 Å². The van der Waals surface area contributed by atoms with Crippen LogP contribution in [0.15, 0.2) is 36.4 Å². The number of hydrogen-bond acceptors (Lipinski definition) is 4. The highest BCUT2D eigenvalue weighted by Gasteiger charge is 2.26. The summed E-state index contributed by atoms with van der Waals surface area (Å²) in [6, 6.07) is 7.26. The first kappa shape index (κ1) is 19.0. The van der Waals surface area contributed by atoms with Gasteiger partial charge >= 0.3 is 0 Å². The summed E-state index contributed by atoms with van der Waals surface area (Å²) in [5.41, 5.74) is -0.269. The molecule has 0 aromatic heterocycles. The van der Waals surface area contributed by atoms with Gasteiger partial charge in [0.15, 0.2) is 11.6 Å². The molecular weight excluding hydrogens is 348 g/mol. The fourth-order valence-electron chi connectivity index (χ4n) is 2.32. The Bertz CT molecular complexity index is 869. The minimum absolute atomic E-state index is 0.0585. The molecule has 9 heteroatoms. The highest BCUT2D eigenvalue weighted by Crippen LogP contribution is 2.24. The Labute approximate surface area is 147 Å². The molecule has 1 N–H and O–H groups in total. The van der Waals surface area contributed by atoms with Crippen LogP contribution in [0.3, 0.4) is 0 Å². The maximum Gasteiger partial charge on any atom is 0.285 e. The van der Waals surface area contributed by atoms with Crippen LogP contribution in [0.1, 0.15) is 26.3 Å². The van der Waals surface area contributed by atoms with E-state index in [0.717, 1.165) is 4.90 Å². The van der Waals surface area contributed by atoms with Gasteiger partial charge in [-0.1, -0.05) is 12.1 Å². The van der Waals surface area contributed by atoms with Crippen molar-refractivity contribution in [1.82, 2.24) is 10.2 Å². The van der Waals surface area contributed by atoms with Crippen LogP contribution in [0.4, 0.5) is 14.5 Å². The maximum atomic E-state index is 13.4. The summed E-state index contributed by atoms with van der Waals surface area (Å²) in [5.74, 6) is -3.84. The normalized spacial score (nSPS) is 10.3. The molecule has 2 aromatic carbocycles. The average Bonchev–Trinajstić information content (AvgIpc) is 2.62. The van der Waals surface area contributed by atoms with Crippen molar-refractivity contribution in [3.8, 4) is 0 Å². The molecule has 0 heterocycles. The van der Waals surface area contributed by atoms with E-state index in [4.69, 9.17) is 0 Å². The van der Waals surface area contributed by atoms with Crippen molar-refractivity contribution < 1.29 is 23.3 Å². The molecule has 0 spiro atoms. The zero-order chi connectivity index (χ0) is 19.4. The van der Waals surface area contributed by atoms with Gasteiger partial charge in [-0.05, 0) is 23.8 Å². The molecule has 0 bridgehead atoms. The minimum atomic E-state index is -1.40. The highest BCUT2D eigenvalue weighted by molar-refractivity contribution is 5.98. The largest absolute Gasteiger partial charge is 0.355 e. The van der Waals surface area contributed by atoms with Crippen molar-refractivity contribution >= 4 is 17.5 Å². The number of carbonyl (C=O) groups is 2. The van der Waals surface area contributed by atoms with Crippen molar-refractivity contribution in [2.75, 3.05) is 14.1 Å². The monoisotopic (exact) mass is 363 g/mol. The molecular formula is C17H15F2N3O4. The summed E-state index contributed by atoms with van der Waals surface area (Å²) in [6.07, 6.45) is 0. The van der Waals surface area contributed by atoms with E-state index in [1.807, 2.05) is 0 Å². The van der Waals surface area contributed by atoms with Gasteiger partial charge in [0.1, 0.15) is 5.56 Å². The fraction of sp³-hybridized carbons (Fsp3) is 0.176. The van der Waals surface area contributed by atoms with Crippen molar-refractivity contribution in [3.63, 3.8) is 0 Å². The van der Waals surface area contributed by atoms with Crippen LogP contribution in [0.5, 0.6) is 0 Å². The Morgan fingerprint density at radius 1 is 1.15 bits per heavy atom. The van der Waals surface area contributed by atoms with Crippen LogP contribution in [0.25, 0.3) is 0 Å². The summed E-state index contributed by atoms with van der Waals surface area (Å²) in [7, 11) is 2.87. The second-order valence-corrected chi connectivity index (χ2v) is 5.48. The van der Waals surface area contributed by atoms with Gasteiger partial charge in [-0.2, -0.15) is 0 Å². The quantitative estimate of drug-likeness (QED) is 0.653. The maximum absolute atomic E-state index is 13.4. The first-order valence-corrected chi connectivity index (χ1v) is 7.44. The number of nitrogens with zero attached hydrogens (tertiary/aromatic N) is 2. The lowest BCUT2D eigenvalue weighted by Gasteiger charge is -2.17. The molecule has 0 radical (unpaired) electrons. The Morgan fingerprint density at radius 2 is 1.73 bits per heavy atom.